The Kier molecular flexibility index (Phi) is 4.40. The number of rotatable bonds is 3. The molecular formula is C19H18ClN3O. The maximum Gasteiger partial charge on any atom is 0.257 e. The van der Waals surface area contributed by atoms with Crippen LogP contribution >= 0.6 is 11.6 Å². The largest absolute Gasteiger partial charge is 0.306 e. The summed E-state index contributed by atoms with van der Waals surface area (Å²) in [5.41, 5.74) is 4.33. The van der Waals surface area contributed by atoms with Gasteiger partial charge in [0.2, 0.25) is 0 Å². The summed E-state index contributed by atoms with van der Waals surface area (Å²) < 4.78 is 1.68. The quantitative estimate of drug-likeness (QED) is 0.751. The minimum atomic E-state index is -0.153. The number of aromatic nitrogens is 2. The third kappa shape index (κ3) is 3.19. The lowest BCUT2D eigenvalue weighted by Gasteiger charge is -2.11. The first kappa shape index (κ1) is 16.3. The van der Waals surface area contributed by atoms with Gasteiger partial charge in [0.15, 0.2) is 0 Å². The van der Waals surface area contributed by atoms with Crippen LogP contribution in [-0.2, 0) is 0 Å². The lowest BCUT2D eigenvalue weighted by Crippen LogP contribution is -2.16. The molecule has 0 radical (unpaired) electrons. The maximum absolute atomic E-state index is 12.7. The fourth-order valence-electron chi connectivity index (χ4n) is 2.57. The van der Waals surface area contributed by atoms with Crippen molar-refractivity contribution in [3.63, 3.8) is 0 Å². The molecule has 4 nitrogen and oxygen atoms in total. The first-order valence-corrected chi connectivity index (χ1v) is 8.03. The number of anilines is 1. The lowest BCUT2D eigenvalue weighted by molar-refractivity contribution is 0.102. The van der Waals surface area contributed by atoms with E-state index in [2.05, 4.69) is 10.4 Å². The van der Waals surface area contributed by atoms with Gasteiger partial charge >= 0.3 is 0 Å². The minimum absolute atomic E-state index is 0.153. The molecule has 1 amide bonds. The van der Waals surface area contributed by atoms with Crippen molar-refractivity contribution in [2.75, 3.05) is 5.32 Å². The van der Waals surface area contributed by atoms with Gasteiger partial charge in [0.05, 0.1) is 11.4 Å². The van der Waals surface area contributed by atoms with Crippen LogP contribution in [0.15, 0.2) is 48.5 Å². The molecule has 24 heavy (non-hydrogen) atoms. The molecule has 3 aromatic rings. The van der Waals surface area contributed by atoms with Crippen molar-refractivity contribution in [1.29, 1.82) is 0 Å². The number of nitrogens with zero attached hydrogens (tertiary/aromatic N) is 2. The first-order chi connectivity index (χ1) is 11.5. The Morgan fingerprint density at radius 2 is 1.83 bits per heavy atom. The summed E-state index contributed by atoms with van der Waals surface area (Å²) in [5, 5.41) is 8.02. The topological polar surface area (TPSA) is 46.9 Å². The molecule has 0 unspecified atom stereocenters. The van der Waals surface area contributed by atoms with E-state index in [1.54, 1.807) is 10.7 Å². The molecule has 0 saturated heterocycles. The molecular weight excluding hydrogens is 322 g/mol. The van der Waals surface area contributed by atoms with Crippen molar-refractivity contribution in [2.45, 2.75) is 20.8 Å². The van der Waals surface area contributed by atoms with Gasteiger partial charge in [-0.25, -0.2) is 4.68 Å². The second-order valence-corrected chi connectivity index (χ2v) is 6.20. The molecule has 1 N–H and O–H groups in total. The molecule has 2 aromatic carbocycles. The molecule has 5 heteroatoms. The van der Waals surface area contributed by atoms with Crippen molar-refractivity contribution in [3.05, 3.63) is 75.9 Å². The van der Waals surface area contributed by atoms with Gasteiger partial charge in [0.1, 0.15) is 5.82 Å². The molecule has 0 atom stereocenters. The van der Waals surface area contributed by atoms with E-state index < -0.39 is 0 Å². The Balaban J connectivity index is 1.96. The van der Waals surface area contributed by atoms with E-state index in [9.17, 15) is 4.79 Å². The standard InChI is InChI=1S/C19H18ClN3O/c1-12-6-4-9-17(14(12)3)19(24)21-18-10-13(2)22-23(18)16-8-5-7-15(20)11-16/h4-11H,1-3H3,(H,21,24). The van der Waals surface area contributed by atoms with Gasteiger partial charge in [-0.05, 0) is 56.2 Å². The Hall–Kier alpha value is -2.59. The Labute approximate surface area is 146 Å². The molecule has 0 aliphatic rings. The number of halogens is 1. The predicted octanol–water partition coefficient (Wildman–Crippen LogP) is 4.70. The summed E-state index contributed by atoms with van der Waals surface area (Å²) in [6.07, 6.45) is 0. The molecule has 1 heterocycles. The fourth-order valence-corrected chi connectivity index (χ4v) is 2.76. The summed E-state index contributed by atoms with van der Waals surface area (Å²) in [6.45, 7) is 5.82. The van der Waals surface area contributed by atoms with Crippen LogP contribution in [-0.4, -0.2) is 15.7 Å². The van der Waals surface area contributed by atoms with Crippen molar-refractivity contribution < 1.29 is 4.79 Å². The highest BCUT2D eigenvalue weighted by atomic mass is 35.5. The van der Waals surface area contributed by atoms with Crippen LogP contribution < -0.4 is 5.32 Å². The Bertz CT molecular complexity index is 915. The highest BCUT2D eigenvalue weighted by molar-refractivity contribution is 6.30. The molecule has 0 bridgehead atoms. The van der Waals surface area contributed by atoms with E-state index in [1.165, 1.54) is 0 Å². The molecule has 0 fully saturated rings. The van der Waals surface area contributed by atoms with Crippen molar-refractivity contribution in [2.24, 2.45) is 0 Å². The second-order valence-electron chi connectivity index (χ2n) is 5.76. The molecule has 0 aliphatic carbocycles. The van der Waals surface area contributed by atoms with Gasteiger partial charge in [0, 0.05) is 16.7 Å². The first-order valence-electron chi connectivity index (χ1n) is 7.66. The lowest BCUT2D eigenvalue weighted by atomic mass is 10.0. The van der Waals surface area contributed by atoms with Gasteiger partial charge < -0.3 is 5.32 Å². The zero-order chi connectivity index (χ0) is 17.3. The van der Waals surface area contributed by atoms with Crippen LogP contribution in [0, 0.1) is 20.8 Å². The van der Waals surface area contributed by atoms with E-state index in [0.29, 0.717) is 16.4 Å². The maximum atomic E-state index is 12.7. The van der Waals surface area contributed by atoms with Crippen LogP contribution in [0.5, 0.6) is 0 Å². The predicted molar refractivity (Wildman–Crippen MR) is 97.2 cm³/mol. The van der Waals surface area contributed by atoms with Gasteiger partial charge in [-0.3, -0.25) is 4.79 Å². The Morgan fingerprint density at radius 3 is 2.58 bits per heavy atom. The highest BCUT2D eigenvalue weighted by Gasteiger charge is 2.14. The number of benzene rings is 2. The summed E-state index contributed by atoms with van der Waals surface area (Å²) in [4.78, 5) is 12.7. The van der Waals surface area contributed by atoms with E-state index in [-0.39, 0.29) is 5.91 Å². The fraction of sp³-hybridized carbons (Fsp3) is 0.158. The molecule has 0 spiro atoms. The average molecular weight is 340 g/mol. The van der Waals surface area contributed by atoms with Gasteiger partial charge in [0.25, 0.3) is 5.91 Å². The molecule has 0 aliphatic heterocycles. The number of carbonyl (C=O) groups excluding carboxylic acids is 1. The van der Waals surface area contributed by atoms with E-state index >= 15 is 0 Å². The third-order valence-electron chi connectivity index (χ3n) is 3.98. The monoisotopic (exact) mass is 339 g/mol. The summed E-state index contributed by atoms with van der Waals surface area (Å²) in [6, 6.07) is 14.9. The van der Waals surface area contributed by atoms with Crippen molar-refractivity contribution in [3.8, 4) is 5.69 Å². The van der Waals surface area contributed by atoms with Crippen LogP contribution in [0.25, 0.3) is 5.69 Å². The second kappa shape index (κ2) is 6.49. The molecule has 0 saturated carbocycles. The molecule has 1 aromatic heterocycles. The van der Waals surface area contributed by atoms with Gasteiger partial charge in [-0.15, -0.1) is 0 Å². The minimum Gasteiger partial charge on any atom is -0.306 e. The van der Waals surface area contributed by atoms with Gasteiger partial charge in [-0.1, -0.05) is 29.8 Å². The zero-order valence-corrected chi connectivity index (χ0v) is 14.6. The van der Waals surface area contributed by atoms with Crippen LogP contribution in [0.2, 0.25) is 5.02 Å². The zero-order valence-electron chi connectivity index (χ0n) is 13.8. The van der Waals surface area contributed by atoms with E-state index in [1.807, 2.05) is 63.2 Å². The summed E-state index contributed by atoms with van der Waals surface area (Å²) in [5.74, 6) is 0.458. The van der Waals surface area contributed by atoms with Crippen LogP contribution in [0.4, 0.5) is 5.82 Å². The van der Waals surface area contributed by atoms with E-state index in [0.717, 1.165) is 22.5 Å². The number of carbonyl (C=O) groups is 1. The average Bonchev–Trinajstić information content (AvgIpc) is 2.90. The smallest absolute Gasteiger partial charge is 0.257 e. The number of hydrogen-bond donors (Lipinski definition) is 1. The number of amides is 1. The van der Waals surface area contributed by atoms with Crippen molar-refractivity contribution >= 4 is 23.3 Å². The van der Waals surface area contributed by atoms with Gasteiger partial charge in [-0.2, -0.15) is 5.10 Å². The van der Waals surface area contributed by atoms with Crippen LogP contribution in [0.3, 0.4) is 0 Å². The number of aryl methyl sites for hydroxylation is 2. The third-order valence-corrected chi connectivity index (χ3v) is 4.21. The summed E-state index contributed by atoms with van der Waals surface area (Å²) >= 11 is 6.07. The Morgan fingerprint density at radius 1 is 1.08 bits per heavy atom. The highest BCUT2D eigenvalue weighted by Crippen LogP contribution is 2.21. The van der Waals surface area contributed by atoms with Crippen LogP contribution in [0.1, 0.15) is 27.2 Å². The molecule has 122 valence electrons. The van der Waals surface area contributed by atoms with E-state index in [4.69, 9.17) is 11.6 Å². The summed E-state index contributed by atoms with van der Waals surface area (Å²) in [7, 11) is 0. The normalized spacial score (nSPS) is 10.7. The van der Waals surface area contributed by atoms with Crippen molar-refractivity contribution in [1.82, 2.24) is 9.78 Å². The molecule has 3 rings (SSSR count). The number of nitrogens with one attached hydrogen (secondary N) is 1. The SMILES string of the molecule is Cc1cc(NC(=O)c2cccc(C)c2C)n(-c2cccc(Cl)c2)n1. The number of hydrogen-bond acceptors (Lipinski definition) is 2.